The van der Waals surface area contributed by atoms with Crippen LogP contribution in [-0.4, -0.2) is 11.5 Å². The molecule has 1 rings (SSSR count). The Balaban J connectivity index is 2.20. The van der Waals surface area contributed by atoms with E-state index in [2.05, 4.69) is 38.0 Å². The molecule has 0 aliphatic rings. The molecule has 0 saturated carbocycles. The Morgan fingerprint density at radius 2 is 2.13 bits per heavy atom. The number of aryl methyl sites for hydroxylation is 1. The zero-order valence-corrected chi connectivity index (χ0v) is 11.1. The van der Waals surface area contributed by atoms with Gasteiger partial charge in [0.15, 0.2) is 0 Å². The molecule has 0 radical (unpaired) electrons. The number of hydrogen-bond donors (Lipinski definition) is 1. The number of hydrogen-bond acceptors (Lipinski definition) is 3. The molecule has 0 spiro atoms. The highest BCUT2D eigenvalue weighted by molar-refractivity contribution is 7.11. The van der Waals surface area contributed by atoms with Crippen molar-refractivity contribution in [1.29, 1.82) is 0 Å². The third kappa shape index (κ3) is 5.28. The van der Waals surface area contributed by atoms with Gasteiger partial charge in [0.05, 0.1) is 0 Å². The molecule has 3 heteroatoms. The van der Waals surface area contributed by atoms with Crippen molar-refractivity contribution in [2.24, 2.45) is 5.41 Å². The van der Waals surface area contributed by atoms with Crippen LogP contribution < -0.4 is 5.32 Å². The number of nitrogens with zero attached hydrogens (tertiary/aromatic N) is 1. The average Bonchev–Trinajstić information content (AvgIpc) is 2.59. The van der Waals surface area contributed by atoms with Gasteiger partial charge in [-0.05, 0) is 24.8 Å². The van der Waals surface area contributed by atoms with Crippen molar-refractivity contribution in [2.75, 3.05) is 6.54 Å². The van der Waals surface area contributed by atoms with Crippen LogP contribution in [0.3, 0.4) is 0 Å². The largest absolute Gasteiger partial charge is 0.310 e. The number of rotatable bonds is 5. The average molecular weight is 226 g/mol. The van der Waals surface area contributed by atoms with Gasteiger partial charge < -0.3 is 5.32 Å². The molecule has 0 aliphatic heterocycles. The lowest BCUT2D eigenvalue weighted by molar-refractivity contribution is 0.366. The molecule has 15 heavy (non-hydrogen) atoms. The van der Waals surface area contributed by atoms with E-state index in [4.69, 9.17) is 0 Å². The van der Waals surface area contributed by atoms with Crippen molar-refractivity contribution in [3.63, 3.8) is 0 Å². The predicted molar refractivity (Wildman–Crippen MR) is 67.3 cm³/mol. The Hall–Kier alpha value is -0.410. The number of thiazole rings is 1. The maximum absolute atomic E-state index is 4.38. The highest BCUT2D eigenvalue weighted by atomic mass is 32.1. The first-order valence-corrected chi connectivity index (χ1v) is 6.47. The van der Waals surface area contributed by atoms with Gasteiger partial charge in [-0.1, -0.05) is 27.7 Å². The molecule has 0 fully saturated rings. The molecule has 0 aliphatic carbocycles. The minimum Gasteiger partial charge on any atom is -0.310 e. The van der Waals surface area contributed by atoms with Crippen LogP contribution in [0, 0.1) is 5.41 Å². The summed E-state index contributed by atoms with van der Waals surface area (Å²) < 4.78 is 0. The minimum absolute atomic E-state index is 0.421. The molecule has 1 N–H and O–H groups in total. The zero-order chi connectivity index (χ0) is 11.3. The van der Waals surface area contributed by atoms with Crippen molar-refractivity contribution in [2.45, 2.75) is 47.1 Å². The van der Waals surface area contributed by atoms with E-state index >= 15 is 0 Å². The molecule has 0 saturated heterocycles. The summed E-state index contributed by atoms with van der Waals surface area (Å²) >= 11 is 1.82. The molecular weight excluding hydrogens is 204 g/mol. The molecule has 0 bridgehead atoms. The summed E-state index contributed by atoms with van der Waals surface area (Å²) in [4.78, 5) is 5.75. The maximum Gasteiger partial charge on any atom is 0.107 e. The van der Waals surface area contributed by atoms with Crippen LogP contribution in [0.2, 0.25) is 0 Å². The second-order valence-electron chi connectivity index (χ2n) is 5.06. The van der Waals surface area contributed by atoms with Crippen molar-refractivity contribution in [3.8, 4) is 0 Å². The van der Waals surface area contributed by atoms with Crippen LogP contribution in [0.25, 0.3) is 0 Å². The smallest absolute Gasteiger partial charge is 0.107 e. The van der Waals surface area contributed by atoms with E-state index in [-0.39, 0.29) is 0 Å². The number of aromatic nitrogens is 1. The topological polar surface area (TPSA) is 24.9 Å². The molecule has 1 heterocycles. The molecule has 1 aromatic rings. The predicted octanol–water partition coefficient (Wildman–Crippen LogP) is 3.23. The van der Waals surface area contributed by atoms with E-state index in [0.29, 0.717) is 5.41 Å². The summed E-state index contributed by atoms with van der Waals surface area (Å²) in [5, 5.41) is 4.65. The fourth-order valence-electron chi connectivity index (χ4n) is 1.25. The number of nitrogens with one attached hydrogen (secondary N) is 1. The Kier molecular flexibility index (Phi) is 4.74. The van der Waals surface area contributed by atoms with Gasteiger partial charge in [-0.3, -0.25) is 0 Å². The maximum atomic E-state index is 4.38. The normalized spacial score (nSPS) is 12.0. The fraction of sp³-hybridized carbons (Fsp3) is 0.750. The van der Waals surface area contributed by atoms with Crippen LogP contribution in [0.15, 0.2) is 6.20 Å². The van der Waals surface area contributed by atoms with Crippen molar-refractivity contribution in [1.82, 2.24) is 10.3 Å². The van der Waals surface area contributed by atoms with Gasteiger partial charge in [-0.25, -0.2) is 4.98 Å². The highest BCUT2D eigenvalue weighted by Gasteiger charge is 2.09. The first-order valence-electron chi connectivity index (χ1n) is 5.65. The van der Waals surface area contributed by atoms with E-state index in [9.17, 15) is 0 Å². The summed E-state index contributed by atoms with van der Waals surface area (Å²) in [7, 11) is 0. The second-order valence-corrected chi connectivity index (χ2v) is 6.26. The van der Waals surface area contributed by atoms with Gasteiger partial charge in [-0.2, -0.15) is 0 Å². The first kappa shape index (κ1) is 12.7. The summed E-state index contributed by atoms with van der Waals surface area (Å²) in [6.45, 7) is 11.0. The van der Waals surface area contributed by atoms with Gasteiger partial charge in [0.25, 0.3) is 0 Å². The van der Waals surface area contributed by atoms with Gasteiger partial charge >= 0.3 is 0 Å². The fourth-order valence-corrected chi connectivity index (χ4v) is 2.08. The van der Waals surface area contributed by atoms with Gasteiger partial charge in [0.2, 0.25) is 0 Å². The summed E-state index contributed by atoms with van der Waals surface area (Å²) in [5.41, 5.74) is 0.421. The third-order valence-corrected chi connectivity index (χ3v) is 3.42. The van der Waals surface area contributed by atoms with E-state index in [1.54, 1.807) is 0 Å². The molecule has 0 amide bonds. The Bertz CT molecular complexity index is 286. The van der Waals surface area contributed by atoms with E-state index in [0.717, 1.165) is 19.5 Å². The standard InChI is InChI=1S/C12H22N2S/c1-5-10-8-14-11(15-10)9-13-7-6-12(2,3)4/h8,13H,5-7,9H2,1-4H3. The molecule has 1 aromatic heterocycles. The lowest BCUT2D eigenvalue weighted by Gasteiger charge is -2.17. The van der Waals surface area contributed by atoms with Crippen LogP contribution in [0.4, 0.5) is 0 Å². The van der Waals surface area contributed by atoms with Gasteiger partial charge in [0.1, 0.15) is 5.01 Å². The zero-order valence-electron chi connectivity index (χ0n) is 10.3. The Morgan fingerprint density at radius 3 is 2.67 bits per heavy atom. The molecule has 2 nitrogen and oxygen atoms in total. The van der Waals surface area contributed by atoms with Gasteiger partial charge in [-0.15, -0.1) is 11.3 Å². The molecule has 86 valence electrons. The second kappa shape index (κ2) is 5.61. The quantitative estimate of drug-likeness (QED) is 0.780. The monoisotopic (exact) mass is 226 g/mol. The molecule has 0 atom stereocenters. The lowest BCUT2D eigenvalue weighted by Crippen LogP contribution is -2.20. The first-order chi connectivity index (χ1) is 7.01. The summed E-state index contributed by atoms with van der Waals surface area (Å²) in [6, 6.07) is 0. The van der Waals surface area contributed by atoms with Crippen LogP contribution >= 0.6 is 11.3 Å². The van der Waals surface area contributed by atoms with Crippen molar-refractivity contribution >= 4 is 11.3 Å². The summed E-state index contributed by atoms with van der Waals surface area (Å²) in [5.74, 6) is 0. The molecule has 0 aromatic carbocycles. The lowest BCUT2D eigenvalue weighted by atomic mass is 9.92. The third-order valence-electron chi connectivity index (χ3n) is 2.28. The molecular formula is C12H22N2S. The Labute approximate surface area is 97.1 Å². The summed E-state index contributed by atoms with van der Waals surface area (Å²) in [6.07, 6.45) is 4.30. The molecule has 0 unspecified atom stereocenters. The van der Waals surface area contributed by atoms with Crippen LogP contribution in [0.1, 0.15) is 44.0 Å². The minimum atomic E-state index is 0.421. The van der Waals surface area contributed by atoms with Crippen LogP contribution in [0.5, 0.6) is 0 Å². The highest BCUT2D eigenvalue weighted by Crippen LogP contribution is 2.17. The van der Waals surface area contributed by atoms with Crippen LogP contribution in [-0.2, 0) is 13.0 Å². The SMILES string of the molecule is CCc1cnc(CNCCC(C)(C)C)s1. The van der Waals surface area contributed by atoms with E-state index in [1.807, 2.05) is 17.5 Å². The van der Waals surface area contributed by atoms with Gasteiger partial charge in [0, 0.05) is 17.6 Å². The van der Waals surface area contributed by atoms with E-state index in [1.165, 1.54) is 16.3 Å². The Morgan fingerprint density at radius 1 is 1.40 bits per heavy atom. The van der Waals surface area contributed by atoms with E-state index < -0.39 is 0 Å². The van der Waals surface area contributed by atoms with Crippen molar-refractivity contribution in [3.05, 3.63) is 16.1 Å². The van der Waals surface area contributed by atoms with Crippen molar-refractivity contribution < 1.29 is 0 Å².